The molecule has 0 bridgehead atoms. The van der Waals surface area contributed by atoms with Gasteiger partial charge in [-0.25, -0.2) is 15.0 Å². The van der Waals surface area contributed by atoms with Gasteiger partial charge in [0, 0.05) is 27.8 Å². The van der Waals surface area contributed by atoms with Crippen molar-refractivity contribution in [3.8, 4) is 66.7 Å². The van der Waals surface area contributed by atoms with Crippen LogP contribution in [0.5, 0.6) is 0 Å². The summed E-state index contributed by atoms with van der Waals surface area (Å²) in [5.41, 5.74) is 11.7. The van der Waals surface area contributed by atoms with Crippen molar-refractivity contribution in [1.29, 1.82) is 0 Å². The highest BCUT2D eigenvalue weighted by atomic mass is 32.1. The lowest BCUT2D eigenvalue weighted by molar-refractivity contribution is 1.18. The Morgan fingerprint density at radius 3 is 1.57 bits per heavy atom. The summed E-state index contributed by atoms with van der Waals surface area (Å²) in [5.74, 6) is 0.706. The van der Waals surface area contributed by atoms with Crippen molar-refractivity contribution in [2.24, 2.45) is 0 Å². The minimum absolute atomic E-state index is 0.706. The molecule has 4 heteroatoms. The summed E-state index contributed by atoms with van der Waals surface area (Å²) < 4.78 is 1.19. The molecule has 0 saturated carbocycles. The Kier molecular flexibility index (Phi) is 7.34. The Bertz CT molecular complexity index is 2580. The number of benzene rings is 7. The fraction of sp³-hybridized carbons (Fsp3) is 0. The standard InChI is InChI=1S/C45H29N3S/c1-4-11-30(12-5-1)31-19-21-33(22-20-31)44-46-40(32-13-6-2-7-14-32)29-41(47-44)38-26-24-35-27-37(25-23-36(35)28-38)39-17-10-18-42-43(39)48-45(49-42)34-15-8-3-9-16-34/h1-29H. The van der Waals surface area contributed by atoms with Crippen LogP contribution in [-0.4, -0.2) is 15.0 Å². The Balaban J connectivity index is 1.10. The molecule has 0 N–H and O–H groups in total. The summed E-state index contributed by atoms with van der Waals surface area (Å²) in [4.78, 5) is 15.2. The van der Waals surface area contributed by atoms with Crippen molar-refractivity contribution in [3.05, 3.63) is 176 Å². The molecule has 2 heterocycles. The molecular weight excluding hydrogens is 615 g/mol. The van der Waals surface area contributed by atoms with Crippen LogP contribution in [0.25, 0.3) is 87.7 Å². The van der Waals surface area contributed by atoms with E-state index in [0.717, 1.165) is 60.7 Å². The molecule has 0 amide bonds. The number of nitrogens with zero attached hydrogens (tertiary/aromatic N) is 3. The molecule has 0 atom stereocenters. The summed E-state index contributed by atoms with van der Waals surface area (Å²) >= 11 is 1.74. The van der Waals surface area contributed by atoms with Gasteiger partial charge >= 0.3 is 0 Å². The Labute approximate surface area is 288 Å². The van der Waals surface area contributed by atoms with Gasteiger partial charge < -0.3 is 0 Å². The van der Waals surface area contributed by atoms with E-state index < -0.39 is 0 Å². The second-order valence-electron chi connectivity index (χ2n) is 12.1. The van der Waals surface area contributed by atoms with Crippen LogP contribution in [0.3, 0.4) is 0 Å². The molecule has 0 unspecified atom stereocenters. The first-order valence-electron chi connectivity index (χ1n) is 16.4. The van der Waals surface area contributed by atoms with Gasteiger partial charge in [0.25, 0.3) is 0 Å². The molecule has 0 fully saturated rings. The minimum Gasteiger partial charge on any atom is -0.235 e. The molecule has 9 aromatic rings. The van der Waals surface area contributed by atoms with Crippen LogP contribution in [0, 0.1) is 0 Å². The zero-order chi connectivity index (χ0) is 32.6. The van der Waals surface area contributed by atoms with Gasteiger partial charge in [0.2, 0.25) is 0 Å². The highest BCUT2D eigenvalue weighted by molar-refractivity contribution is 7.21. The first-order chi connectivity index (χ1) is 24.2. The lowest BCUT2D eigenvalue weighted by Crippen LogP contribution is -1.96. The topological polar surface area (TPSA) is 38.7 Å². The number of rotatable bonds is 6. The second-order valence-corrected chi connectivity index (χ2v) is 13.1. The van der Waals surface area contributed by atoms with Crippen LogP contribution in [0.1, 0.15) is 0 Å². The molecular formula is C45H29N3S. The Morgan fingerprint density at radius 2 is 0.878 bits per heavy atom. The SMILES string of the molecule is c1ccc(-c2ccc(-c3nc(-c4ccccc4)cc(-c4ccc5cc(-c6cccc7sc(-c8ccccc8)nc67)ccc5c4)n3)cc2)cc1. The average molecular weight is 644 g/mol. The third-order valence-electron chi connectivity index (χ3n) is 8.93. The quantitative estimate of drug-likeness (QED) is 0.181. The number of fused-ring (bicyclic) bond motifs is 2. The maximum Gasteiger partial charge on any atom is 0.160 e. The lowest BCUT2D eigenvalue weighted by atomic mass is 9.98. The van der Waals surface area contributed by atoms with Crippen LogP contribution < -0.4 is 0 Å². The predicted molar refractivity (Wildman–Crippen MR) is 205 cm³/mol. The van der Waals surface area contributed by atoms with Crippen LogP contribution in [-0.2, 0) is 0 Å². The third kappa shape index (κ3) is 5.69. The maximum absolute atomic E-state index is 5.12. The van der Waals surface area contributed by atoms with Crippen molar-refractivity contribution >= 4 is 32.3 Å². The average Bonchev–Trinajstić information content (AvgIpc) is 3.63. The minimum atomic E-state index is 0.706. The number of para-hydroxylation sites is 1. The molecule has 7 aromatic carbocycles. The number of aromatic nitrogens is 3. The molecule has 0 aliphatic rings. The second kappa shape index (κ2) is 12.4. The first-order valence-corrected chi connectivity index (χ1v) is 17.2. The molecule has 2 aromatic heterocycles. The van der Waals surface area contributed by atoms with Crippen LogP contribution in [0.4, 0.5) is 0 Å². The molecule has 0 aliphatic heterocycles. The van der Waals surface area contributed by atoms with Crippen LogP contribution in [0.2, 0.25) is 0 Å². The van der Waals surface area contributed by atoms with Gasteiger partial charge in [0.1, 0.15) is 5.01 Å². The molecule has 230 valence electrons. The number of thiazole rings is 1. The van der Waals surface area contributed by atoms with Gasteiger partial charge in [0.15, 0.2) is 5.82 Å². The Hall–Kier alpha value is -6.23. The van der Waals surface area contributed by atoms with Crippen LogP contribution in [0.15, 0.2) is 176 Å². The summed E-state index contributed by atoms with van der Waals surface area (Å²) in [5, 5.41) is 3.37. The van der Waals surface area contributed by atoms with Gasteiger partial charge in [-0.15, -0.1) is 11.3 Å². The van der Waals surface area contributed by atoms with E-state index in [1.54, 1.807) is 11.3 Å². The molecule has 0 saturated heterocycles. The van der Waals surface area contributed by atoms with Crippen molar-refractivity contribution < 1.29 is 0 Å². The van der Waals surface area contributed by atoms with E-state index in [0.29, 0.717) is 5.82 Å². The maximum atomic E-state index is 5.12. The van der Waals surface area contributed by atoms with Crippen molar-refractivity contribution in [2.75, 3.05) is 0 Å². The van der Waals surface area contributed by atoms with Gasteiger partial charge in [-0.3, -0.25) is 0 Å². The van der Waals surface area contributed by atoms with E-state index in [-0.39, 0.29) is 0 Å². The van der Waals surface area contributed by atoms with E-state index >= 15 is 0 Å². The lowest BCUT2D eigenvalue weighted by Gasteiger charge is -2.11. The van der Waals surface area contributed by atoms with E-state index in [1.165, 1.54) is 21.2 Å². The zero-order valence-electron chi connectivity index (χ0n) is 26.5. The van der Waals surface area contributed by atoms with E-state index in [2.05, 4.69) is 146 Å². The summed E-state index contributed by atoms with van der Waals surface area (Å²) in [6, 6.07) is 61.5. The molecule has 0 aliphatic carbocycles. The highest BCUT2D eigenvalue weighted by Gasteiger charge is 2.14. The fourth-order valence-corrected chi connectivity index (χ4v) is 7.38. The molecule has 49 heavy (non-hydrogen) atoms. The smallest absolute Gasteiger partial charge is 0.160 e. The summed E-state index contributed by atoms with van der Waals surface area (Å²) in [6.07, 6.45) is 0. The van der Waals surface area contributed by atoms with Gasteiger partial charge in [-0.2, -0.15) is 0 Å². The number of hydrogen-bond acceptors (Lipinski definition) is 4. The Morgan fingerprint density at radius 1 is 0.347 bits per heavy atom. The molecule has 9 rings (SSSR count). The monoisotopic (exact) mass is 643 g/mol. The van der Waals surface area contributed by atoms with Crippen molar-refractivity contribution in [1.82, 2.24) is 15.0 Å². The normalized spacial score (nSPS) is 11.3. The van der Waals surface area contributed by atoms with Gasteiger partial charge in [-0.05, 0) is 51.7 Å². The van der Waals surface area contributed by atoms with E-state index in [4.69, 9.17) is 15.0 Å². The molecule has 3 nitrogen and oxygen atoms in total. The van der Waals surface area contributed by atoms with Crippen molar-refractivity contribution in [3.63, 3.8) is 0 Å². The largest absolute Gasteiger partial charge is 0.235 e. The fourth-order valence-electron chi connectivity index (χ4n) is 6.38. The summed E-state index contributed by atoms with van der Waals surface area (Å²) in [6.45, 7) is 0. The van der Waals surface area contributed by atoms with Gasteiger partial charge in [0.05, 0.1) is 21.6 Å². The molecule has 0 radical (unpaired) electrons. The predicted octanol–water partition coefficient (Wildman–Crippen LogP) is 12.2. The molecule has 0 spiro atoms. The zero-order valence-corrected chi connectivity index (χ0v) is 27.3. The number of hydrogen-bond donors (Lipinski definition) is 0. The highest BCUT2D eigenvalue weighted by Crippen LogP contribution is 2.37. The summed E-state index contributed by atoms with van der Waals surface area (Å²) in [7, 11) is 0. The first kappa shape index (κ1) is 29.0. The van der Waals surface area contributed by atoms with Crippen LogP contribution >= 0.6 is 11.3 Å². The third-order valence-corrected chi connectivity index (χ3v) is 10.0. The van der Waals surface area contributed by atoms with Gasteiger partial charge in [-0.1, -0.05) is 152 Å². The van der Waals surface area contributed by atoms with E-state index in [1.807, 2.05) is 30.3 Å². The van der Waals surface area contributed by atoms with Crippen molar-refractivity contribution in [2.45, 2.75) is 0 Å². The van der Waals surface area contributed by atoms with E-state index in [9.17, 15) is 0 Å².